The predicted molar refractivity (Wildman–Crippen MR) is 187 cm³/mol. The fraction of sp³-hybridized carbons (Fsp3) is 0. The van der Waals surface area contributed by atoms with Crippen molar-refractivity contribution >= 4 is 65.4 Å². The summed E-state index contributed by atoms with van der Waals surface area (Å²) in [6.07, 6.45) is -0.966. The van der Waals surface area contributed by atoms with E-state index >= 15 is 0 Å². The van der Waals surface area contributed by atoms with Gasteiger partial charge in [0, 0.05) is 43.7 Å². The minimum Gasteiger partial charge on any atom is -0.309 e. The predicted octanol–water partition coefficient (Wildman–Crippen LogP) is 10.4. The molecule has 0 saturated heterocycles. The maximum Gasteiger partial charge on any atom is 0.138 e. The van der Waals surface area contributed by atoms with Gasteiger partial charge in [0.05, 0.1) is 74.9 Å². The Bertz CT molecular complexity index is 4140. The van der Waals surface area contributed by atoms with Crippen molar-refractivity contribution in [2.45, 2.75) is 0 Å². The van der Waals surface area contributed by atoms with Gasteiger partial charge in [-0.3, -0.25) is 4.57 Å². The molecule has 0 N–H and O–H groups in total. The average Bonchev–Trinajstić information content (AvgIpc) is 4.01. The topological polar surface area (TPSA) is 27.7 Å². The zero-order chi connectivity index (χ0) is 52.1. The molecule has 0 atom stereocenters. The van der Waals surface area contributed by atoms with Gasteiger partial charge in [-0.25, -0.2) is 4.98 Å². The molecule has 0 unspecified atom stereocenters. The van der Waals surface area contributed by atoms with Crippen molar-refractivity contribution in [2.24, 2.45) is 0 Å². The van der Waals surface area contributed by atoms with Crippen LogP contribution in [0.2, 0.25) is 0 Å². The molecule has 0 aliphatic rings. The fourth-order valence-corrected chi connectivity index (χ4v) is 5.62. The van der Waals surface area contributed by atoms with Crippen LogP contribution in [0, 0.1) is 0 Å². The second-order valence-corrected chi connectivity index (χ2v) is 9.72. The van der Waals surface area contributed by atoms with Crippen molar-refractivity contribution in [3.63, 3.8) is 0 Å². The van der Waals surface area contributed by atoms with Crippen LogP contribution >= 0.6 is 0 Å². The minimum atomic E-state index is -0.967. The van der Waals surface area contributed by atoms with Gasteiger partial charge in [-0.1, -0.05) is 96.7 Å². The standard InChI is InChI=1S/C41H26N4/c1-2-12-27(13-3-1)43-35-18-8-4-16-31(35)33-23-22-28(24-39(33)43)44-36-19-9-7-17-32(36)34-25-41(42-26-40(34)44)45-37-20-10-5-14-29(37)30-15-6-11-21-38(30)45/h1-26H/i1D,2D,3D,4D,5D,6D,7D,8D,9D,10D,11D,12D,13D,14D,15D,16D,17D,18D,19D,20D,21D,22D,23D,24D,25D,26D. The summed E-state index contributed by atoms with van der Waals surface area (Å²) in [5, 5.41) is -3.00. The molecular formula is C41H26N4. The van der Waals surface area contributed by atoms with Crippen molar-refractivity contribution in [1.82, 2.24) is 18.7 Å². The summed E-state index contributed by atoms with van der Waals surface area (Å²) in [6.45, 7) is 0. The van der Waals surface area contributed by atoms with Crippen LogP contribution in [0.3, 0.4) is 0 Å². The van der Waals surface area contributed by atoms with Crippen LogP contribution in [-0.4, -0.2) is 18.7 Å². The Morgan fingerprint density at radius 2 is 0.822 bits per heavy atom. The van der Waals surface area contributed by atoms with E-state index in [1.807, 2.05) is 0 Å². The van der Waals surface area contributed by atoms with Gasteiger partial charge in [0.1, 0.15) is 5.82 Å². The number of fused-ring (bicyclic) bond motifs is 9. The quantitative estimate of drug-likeness (QED) is 0.198. The highest BCUT2D eigenvalue weighted by Gasteiger charge is 2.18. The highest BCUT2D eigenvalue weighted by molar-refractivity contribution is 6.13. The summed E-state index contributed by atoms with van der Waals surface area (Å²) >= 11 is 0. The Labute approximate surface area is 295 Å². The SMILES string of the molecule is [2H]c1c([2H])c([2H])c(-n2c3c([2H])c([2H])c([2H])c([2H])c3c3c([2H])c([2H])c(-n4c5c([2H])nc(-n6c7c([2H])c([2H])c([2H])c([2H])c7c7c([2H])c([2H])c([2H])c([2H])c76)c([2H])c5c5c([2H])c([2H])c([2H])c([2H])c54)c([2H])c32)c([2H])c1[2H]. The second-order valence-electron chi connectivity index (χ2n) is 9.72. The Morgan fingerprint density at radius 1 is 0.356 bits per heavy atom. The van der Waals surface area contributed by atoms with Crippen molar-refractivity contribution in [2.75, 3.05) is 0 Å². The van der Waals surface area contributed by atoms with Gasteiger partial charge in [0.2, 0.25) is 0 Å². The first-order chi connectivity index (χ1) is 33.2. The van der Waals surface area contributed by atoms with E-state index in [9.17, 15) is 9.60 Å². The second kappa shape index (κ2) is 9.18. The third kappa shape index (κ3) is 3.39. The van der Waals surface area contributed by atoms with Gasteiger partial charge in [-0.2, -0.15) is 0 Å². The first-order valence-corrected chi connectivity index (χ1v) is 13.2. The van der Waals surface area contributed by atoms with E-state index in [4.69, 9.17) is 26.0 Å². The van der Waals surface area contributed by atoms with Crippen LogP contribution in [0.4, 0.5) is 0 Å². The molecule has 0 radical (unpaired) electrons. The summed E-state index contributed by atoms with van der Waals surface area (Å²) in [5.41, 5.74) is -5.06. The summed E-state index contributed by atoms with van der Waals surface area (Å²) in [4.78, 5) is 4.34. The molecule has 4 heteroatoms. The Balaban J connectivity index is 1.48. The number of pyridine rings is 1. The van der Waals surface area contributed by atoms with Crippen molar-refractivity contribution in [3.8, 4) is 17.2 Å². The smallest absolute Gasteiger partial charge is 0.138 e. The number of benzene rings is 6. The third-order valence-electron chi connectivity index (χ3n) is 7.43. The summed E-state index contributed by atoms with van der Waals surface area (Å²) in [5.74, 6) is -0.734. The first-order valence-electron chi connectivity index (χ1n) is 26.2. The number of hydrogen-bond acceptors (Lipinski definition) is 1. The number of aromatic nitrogens is 4. The molecule has 6 aromatic carbocycles. The highest BCUT2D eigenvalue weighted by Crippen LogP contribution is 2.38. The van der Waals surface area contributed by atoms with Gasteiger partial charge in [-0.05, 0) is 54.4 Å². The molecule has 4 nitrogen and oxygen atoms in total. The lowest BCUT2D eigenvalue weighted by Gasteiger charge is -2.11. The Kier molecular flexibility index (Phi) is 2.08. The van der Waals surface area contributed by atoms with Crippen molar-refractivity contribution < 1.29 is 35.6 Å². The monoisotopic (exact) mass is 600 g/mol. The zero-order valence-corrected chi connectivity index (χ0v) is 22.3. The maximum atomic E-state index is 9.93. The largest absolute Gasteiger partial charge is 0.309 e. The molecule has 4 aromatic heterocycles. The molecule has 10 rings (SSSR count). The molecule has 45 heavy (non-hydrogen) atoms. The van der Waals surface area contributed by atoms with Crippen LogP contribution in [0.25, 0.3) is 82.6 Å². The molecular weight excluding hydrogens is 548 g/mol. The number of hydrogen-bond donors (Lipinski definition) is 0. The molecule has 0 saturated carbocycles. The molecule has 10 aromatic rings. The van der Waals surface area contributed by atoms with E-state index in [1.54, 1.807) is 0 Å². The van der Waals surface area contributed by atoms with Crippen molar-refractivity contribution in [3.05, 3.63) is 157 Å². The zero-order valence-electron chi connectivity index (χ0n) is 48.3. The van der Waals surface area contributed by atoms with Crippen LogP contribution in [0.5, 0.6) is 0 Å². The molecule has 0 spiro atoms. The molecule has 0 amide bonds. The summed E-state index contributed by atoms with van der Waals surface area (Å²) < 4.78 is 234. The highest BCUT2D eigenvalue weighted by atomic mass is 15.1. The lowest BCUT2D eigenvalue weighted by atomic mass is 10.1. The van der Waals surface area contributed by atoms with Crippen LogP contribution in [-0.2, 0) is 0 Å². The van der Waals surface area contributed by atoms with E-state index in [2.05, 4.69) is 4.98 Å². The van der Waals surface area contributed by atoms with Gasteiger partial charge in [0.25, 0.3) is 0 Å². The fourth-order valence-electron chi connectivity index (χ4n) is 5.62. The Hall–Kier alpha value is -6.13. The molecule has 210 valence electrons. The molecule has 0 aliphatic carbocycles. The third-order valence-corrected chi connectivity index (χ3v) is 7.43. The average molecular weight is 601 g/mol. The summed E-state index contributed by atoms with van der Waals surface area (Å²) in [7, 11) is 0. The minimum absolute atomic E-state index is 0.416. The molecule has 0 fully saturated rings. The van der Waals surface area contributed by atoms with Crippen LogP contribution < -0.4 is 0 Å². The number of rotatable bonds is 3. The van der Waals surface area contributed by atoms with Gasteiger partial charge < -0.3 is 9.13 Å². The molecule has 0 bridgehead atoms. The van der Waals surface area contributed by atoms with E-state index in [0.29, 0.717) is 0 Å². The lowest BCUT2D eigenvalue weighted by molar-refractivity contribution is 1.08. The lowest BCUT2D eigenvalue weighted by Crippen LogP contribution is -1.99. The summed E-state index contributed by atoms with van der Waals surface area (Å²) in [6, 6.07) is -21.3. The number of nitrogens with zero attached hydrogens (tertiary/aromatic N) is 4. The number of para-hydroxylation sites is 5. The van der Waals surface area contributed by atoms with Crippen LogP contribution in [0.1, 0.15) is 35.6 Å². The molecule has 4 heterocycles. The first kappa shape index (κ1) is 10.2. The Morgan fingerprint density at radius 3 is 1.42 bits per heavy atom. The van der Waals surface area contributed by atoms with E-state index in [1.165, 1.54) is 0 Å². The van der Waals surface area contributed by atoms with Crippen molar-refractivity contribution in [1.29, 1.82) is 0 Å². The van der Waals surface area contributed by atoms with Gasteiger partial charge in [-0.15, -0.1) is 0 Å². The maximum absolute atomic E-state index is 9.93. The van der Waals surface area contributed by atoms with E-state index in [-0.39, 0.29) is 0 Å². The normalized spacial score (nSPS) is 20.1. The molecule has 0 aliphatic heterocycles. The van der Waals surface area contributed by atoms with Crippen LogP contribution in [0.15, 0.2) is 157 Å². The van der Waals surface area contributed by atoms with Gasteiger partial charge in [0.15, 0.2) is 0 Å². The van der Waals surface area contributed by atoms with E-state index in [0.717, 1.165) is 13.7 Å². The van der Waals surface area contributed by atoms with E-state index < -0.39 is 240 Å². The van der Waals surface area contributed by atoms with Gasteiger partial charge >= 0.3 is 0 Å².